The van der Waals surface area contributed by atoms with Crippen LogP contribution >= 0.6 is 11.3 Å². The lowest BCUT2D eigenvalue weighted by Crippen LogP contribution is -2.52. The largest absolute Gasteiger partial charge is 0.310 e. The predicted molar refractivity (Wildman–Crippen MR) is 86.8 cm³/mol. The minimum atomic E-state index is 0.381. The minimum absolute atomic E-state index is 0.381. The molecule has 0 unspecified atom stereocenters. The Labute approximate surface area is 130 Å². The summed E-state index contributed by atoms with van der Waals surface area (Å²) in [6, 6.07) is 0. The van der Waals surface area contributed by atoms with E-state index in [0.717, 1.165) is 11.5 Å². The smallest absolute Gasteiger partial charge is 0.193 e. The lowest BCUT2D eigenvalue weighted by molar-refractivity contribution is 0.158. The molecular weight excluding hydrogens is 280 g/mol. The zero-order valence-corrected chi connectivity index (χ0v) is 13.4. The first-order valence-electron chi connectivity index (χ1n) is 8.22. The minimum Gasteiger partial charge on any atom is -0.310 e. The second-order valence-corrected chi connectivity index (χ2v) is 7.53. The average Bonchev–Trinajstić information content (AvgIpc) is 3.00. The summed E-state index contributed by atoms with van der Waals surface area (Å²) in [5, 5.41) is 5.97. The SMILES string of the molecule is c1cn2cc(CN3CCCNC4(CCCCC4)C3)nc2s1. The molecule has 21 heavy (non-hydrogen) atoms. The van der Waals surface area contributed by atoms with E-state index in [1.54, 1.807) is 11.3 Å². The van der Waals surface area contributed by atoms with Gasteiger partial charge in [0.15, 0.2) is 4.96 Å². The van der Waals surface area contributed by atoms with Gasteiger partial charge < -0.3 is 5.32 Å². The van der Waals surface area contributed by atoms with Crippen molar-refractivity contribution in [1.82, 2.24) is 19.6 Å². The number of rotatable bonds is 2. The first-order chi connectivity index (χ1) is 10.3. The summed E-state index contributed by atoms with van der Waals surface area (Å²) in [6.45, 7) is 4.56. The van der Waals surface area contributed by atoms with Crippen molar-refractivity contribution in [2.24, 2.45) is 0 Å². The fourth-order valence-corrected chi connectivity index (χ4v) is 4.72. The highest BCUT2D eigenvalue weighted by molar-refractivity contribution is 7.15. The van der Waals surface area contributed by atoms with E-state index in [4.69, 9.17) is 4.98 Å². The van der Waals surface area contributed by atoms with Crippen LogP contribution in [-0.4, -0.2) is 39.5 Å². The van der Waals surface area contributed by atoms with Crippen LogP contribution in [0.15, 0.2) is 17.8 Å². The Morgan fingerprint density at radius 1 is 1.24 bits per heavy atom. The number of nitrogens with zero attached hydrogens (tertiary/aromatic N) is 3. The van der Waals surface area contributed by atoms with Crippen molar-refractivity contribution in [3.05, 3.63) is 23.5 Å². The summed E-state index contributed by atoms with van der Waals surface area (Å²) in [7, 11) is 0. The second-order valence-electron chi connectivity index (χ2n) is 6.66. The topological polar surface area (TPSA) is 32.6 Å². The molecule has 0 bridgehead atoms. The zero-order chi connectivity index (χ0) is 14.1. The van der Waals surface area contributed by atoms with Gasteiger partial charge in [-0.1, -0.05) is 19.3 Å². The third-order valence-corrected chi connectivity index (χ3v) is 5.79. The van der Waals surface area contributed by atoms with Gasteiger partial charge >= 0.3 is 0 Å². The average molecular weight is 304 g/mol. The molecule has 1 saturated carbocycles. The monoisotopic (exact) mass is 304 g/mol. The maximum absolute atomic E-state index is 4.75. The molecule has 1 aliphatic heterocycles. The van der Waals surface area contributed by atoms with Crippen LogP contribution in [0.25, 0.3) is 4.96 Å². The molecule has 0 aromatic carbocycles. The predicted octanol–water partition coefficient (Wildman–Crippen LogP) is 2.89. The molecule has 1 spiro atoms. The Balaban J connectivity index is 1.49. The van der Waals surface area contributed by atoms with Crippen molar-refractivity contribution >= 4 is 16.3 Å². The second kappa shape index (κ2) is 5.71. The van der Waals surface area contributed by atoms with Crippen LogP contribution in [0, 0.1) is 0 Å². The fourth-order valence-electron chi connectivity index (χ4n) is 4.00. The van der Waals surface area contributed by atoms with Crippen LogP contribution in [-0.2, 0) is 6.54 Å². The molecule has 2 aliphatic rings. The first-order valence-corrected chi connectivity index (χ1v) is 9.10. The standard InChI is InChI=1S/C16H24N4S/c1-2-5-16(6-3-1)13-19(8-4-7-17-16)11-14-12-20-9-10-21-15(20)18-14/h9-10,12,17H,1-8,11,13H2. The van der Waals surface area contributed by atoms with Crippen LogP contribution in [0.1, 0.15) is 44.2 Å². The molecule has 0 radical (unpaired) electrons. The van der Waals surface area contributed by atoms with E-state index in [1.807, 2.05) is 0 Å². The van der Waals surface area contributed by atoms with Crippen molar-refractivity contribution in [3.8, 4) is 0 Å². The van der Waals surface area contributed by atoms with E-state index in [2.05, 4.69) is 32.4 Å². The van der Waals surface area contributed by atoms with E-state index < -0.39 is 0 Å². The van der Waals surface area contributed by atoms with Crippen LogP contribution in [0.5, 0.6) is 0 Å². The van der Waals surface area contributed by atoms with Gasteiger partial charge in [-0.15, -0.1) is 11.3 Å². The van der Waals surface area contributed by atoms with Gasteiger partial charge in [0.05, 0.1) is 5.69 Å². The Bertz CT molecular complexity index is 568. The molecule has 2 aromatic rings. The summed E-state index contributed by atoms with van der Waals surface area (Å²) in [6.07, 6.45) is 12.4. The summed E-state index contributed by atoms with van der Waals surface area (Å²) in [4.78, 5) is 8.49. The normalized spacial score (nSPS) is 23.6. The van der Waals surface area contributed by atoms with Gasteiger partial charge in [0, 0.05) is 36.4 Å². The molecule has 0 atom stereocenters. The van der Waals surface area contributed by atoms with Crippen LogP contribution in [0.2, 0.25) is 0 Å². The molecule has 1 N–H and O–H groups in total. The molecule has 1 aliphatic carbocycles. The van der Waals surface area contributed by atoms with Gasteiger partial charge in [-0.25, -0.2) is 4.98 Å². The number of thiazole rings is 1. The van der Waals surface area contributed by atoms with Gasteiger partial charge in [-0.05, 0) is 32.4 Å². The third kappa shape index (κ3) is 2.87. The van der Waals surface area contributed by atoms with E-state index in [9.17, 15) is 0 Å². The van der Waals surface area contributed by atoms with Gasteiger partial charge in [0.25, 0.3) is 0 Å². The highest BCUT2D eigenvalue weighted by Crippen LogP contribution is 2.30. The Kier molecular flexibility index (Phi) is 3.73. The summed E-state index contributed by atoms with van der Waals surface area (Å²) in [5.41, 5.74) is 1.60. The molecule has 5 heteroatoms. The first kappa shape index (κ1) is 13.7. The van der Waals surface area contributed by atoms with Crippen molar-refractivity contribution in [3.63, 3.8) is 0 Å². The van der Waals surface area contributed by atoms with Crippen molar-refractivity contribution < 1.29 is 0 Å². The summed E-state index contributed by atoms with van der Waals surface area (Å²) in [5.74, 6) is 0. The van der Waals surface area contributed by atoms with E-state index in [-0.39, 0.29) is 0 Å². The van der Waals surface area contributed by atoms with Gasteiger partial charge in [0.2, 0.25) is 0 Å². The summed E-state index contributed by atoms with van der Waals surface area (Å²) >= 11 is 1.72. The molecular formula is C16H24N4S. The molecule has 2 aromatic heterocycles. The van der Waals surface area contributed by atoms with E-state index in [1.165, 1.54) is 63.9 Å². The van der Waals surface area contributed by atoms with Crippen LogP contribution in [0.4, 0.5) is 0 Å². The maximum Gasteiger partial charge on any atom is 0.193 e. The maximum atomic E-state index is 4.75. The number of nitrogens with one attached hydrogen (secondary N) is 1. The Morgan fingerprint density at radius 2 is 2.14 bits per heavy atom. The quantitative estimate of drug-likeness (QED) is 0.926. The number of fused-ring (bicyclic) bond motifs is 1. The van der Waals surface area contributed by atoms with Crippen LogP contribution < -0.4 is 5.32 Å². The number of hydrogen-bond donors (Lipinski definition) is 1. The van der Waals surface area contributed by atoms with Gasteiger partial charge in [-0.3, -0.25) is 9.30 Å². The van der Waals surface area contributed by atoms with E-state index >= 15 is 0 Å². The number of hydrogen-bond acceptors (Lipinski definition) is 4. The number of aromatic nitrogens is 2. The van der Waals surface area contributed by atoms with Crippen LogP contribution in [0.3, 0.4) is 0 Å². The Hall–Kier alpha value is -0.910. The number of imidazole rings is 1. The molecule has 0 amide bonds. The molecule has 4 rings (SSSR count). The highest BCUT2D eigenvalue weighted by Gasteiger charge is 2.34. The fraction of sp³-hybridized carbons (Fsp3) is 0.688. The molecule has 114 valence electrons. The highest BCUT2D eigenvalue weighted by atomic mass is 32.1. The third-order valence-electron chi connectivity index (χ3n) is 5.02. The lowest BCUT2D eigenvalue weighted by Gasteiger charge is -2.40. The van der Waals surface area contributed by atoms with Gasteiger partial charge in [0.1, 0.15) is 0 Å². The zero-order valence-electron chi connectivity index (χ0n) is 12.6. The molecule has 4 nitrogen and oxygen atoms in total. The van der Waals surface area contributed by atoms with E-state index in [0.29, 0.717) is 5.54 Å². The molecule has 2 fully saturated rings. The molecule has 3 heterocycles. The van der Waals surface area contributed by atoms with Gasteiger partial charge in [-0.2, -0.15) is 0 Å². The molecule has 1 saturated heterocycles. The van der Waals surface area contributed by atoms with Crippen molar-refractivity contribution in [1.29, 1.82) is 0 Å². The van der Waals surface area contributed by atoms with Crippen molar-refractivity contribution in [2.45, 2.75) is 50.6 Å². The van der Waals surface area contributed by atoms with Crippen molar-refractivity contribution in [2.75, 3.05) is 19.6 Å². The Morgan fingerprint density at radius 3 is 3.00 bits per heavy atom. The summed E-state index contributed by atoms with van der Waals surface area (Å²) < 4.78 is 2.15. The lowest BCUT2D eigenvalue weighted by atomic mass is 9.81.